The van der Waals surface area contributed by atoms with Crippen LogP contribution in [0.15, 0.2) is 30.5 Å². The molecule has 106 valence electrons. The molecule has 2 N–H and O–H groups in total. The summed E-state index contributed by atoms with van der Waals surface area (Å²) in [5.41, 5.74) is 1.73. The highest BCUT2D eigenvalue weighted by Gasteiger charge is 2.35. The zero-order valence-electron chi connectivity index (χ0n) is 11.4. The minimum Gasteiger partial charge on any atom is -0.481 e. The molecule has 5 heteroatoms. The molecule has 0 saturated heterocycles. The second-order valence-electron chi connectivity index (χ2n) is 4.65. The van der Waals surface area contributed by atoms with Gasteiger partial charge in [0.15, 0.2) is 5.92 Å². The summed E-state index contributed by atoms with van der Waals surface area (Å²) in [5.74, 6) is -3.53. The Bertz CT molecular complexity index is 632. The van der Waals surface area contributed by atoms with Crippen LogP contribution in [0.4, 0.5) is 0 Å². The normalized spacial score (nSPS) is 13.9. The summed E-state index contributed by atoms with van der Waals surface area (Å²) in [6, 6.07) is 7.59. The number of hydrogen-bond donors (Lipinski definition) is 2. The number of para-hydroxylation sites is 1. The lowest BCUT2D eigenvalue weighted by Crippen LogP contribution is -2.30. The highest BCUT2D eigenvalue weighted by molar-refractivity contribution is 5.96. The monoisotopic (exact) mass is 275 g/mol. The number of benzene rings is 1. The van der Waals surface area contributed by atoms with E-state index in [-0.39, 0.29) is 6.61 Å². The molecule has 0 amide bonds. The molecule has 2 aromatic rings. The van der Waals surface area contributed by atoms with Crippen molar-refractivity contribution in [2.45, 2.75) is 19.8 Å². The Labute approximate surface area is 116 Å². The van der Waals surface area contributed by atoms with E-state index in [0.29, 0.717) is 0 Å². The second kappa shape index (κ2) is 5.77. The Hall–Kier alpha value is -2.30. The minimum atomic E-state index is -1.20. The lowest BCUT2D eigenvalue weighted by Gasteiger charge is -2.18. The first kappa shape index (κ1) is 14.1. The van der Waals surface area contributed by atoms with Gasteiger partial charge < -0.3 is 14.8 Å². The third-order valence-electron chi connectivity index (χ3n) is 3.42. The van der Waals surface area contributed by atoms with E-state index in [1.54, 1.807) is 20.0 Å². The fraction of sp³-hybridized carbons (Fsp3) is 0.333. The number of hydrogen-bond acceptors (Lipinski definition) is 3. The average Bonchev–Trinajstić information content (AvgIpc) is 2.82. The van der Waals surface area contributed by atoms with E-state index in [1.807, 2.05) is 24.3 Å². The third kappa shape index (κ3) is 2.52. The largest absolute Gasteiger partial charge is 0.481 e. The Morgan fingerprint density at radius 2 is 2.05 bits per heavy atom. The summed E-state index contributed by atoms with van der Waals surface area (Å²) in [5, 5.41) is 10.2. The first-order valence-corrected chi connectivity index (χ1v) is 6.51. The molecule has 2 rings (SSSR count). The first-order valence-electron chi connectivity index (χ1n) is 6.51. The number of fused-ring (bicyclic) bond motifs is 1. The number of aliphatic carboxylic acids is 1. The van der Waals surface area contributed by atoms with Crippen molar-refractivity contribution in [3.8, 4) is 0 Å². The number of ether oxygens (including phenoxy) is 1. The fourth-order valence-electron chi connectivity index (χ4n) is 2.40. The molecule has 1 aromatic carbocycles. The number of aromatic amines is 1. The van der Waals surface area contributed by atoms with Crippen LogP contribution in [0.2, 0.25) is 0 Å². The Morgan fingerprint density at radius 1 is 1.35 bits per heavy atom. The number of carbonyl (C=O) groups is 2. The smallest absolute Gasteiger partial charge is 0.320 e. The predicted molar refractivity (Wildman–Crippen MR) is 74.5 cm³/mol. The molecule has 1 aromatic heterocycles. The van der Waals surface area contributed by atoms with E-state index in [1.165, 1.54) is 0 Å². The number of carboxylic acid groups (broad SMARTS) is 1. The molecule has 0 fully saturated rings. The minimum absolute atomic E-state index is 0.170. The average molecular weight is 275 g/mol. The van der Waals surface area contributed by atoms with E-state index >= 15 is 0 Å². The van der Waals surface area contributed by atoms with E-state index < -0.39 is 23.8 Å². The van der Waals surface area contributed by atoms with Gasteiger partial charge in [-0.05, 0) is 18.6 Å². The van der Waals surface area contributed by atoms with E-state index in [9.17, 15) is 14.7 Å². The number of H-pyrrole nitrogens is 1. The highest BCUT2D eigenvalue weighted by Crippen LogP contribution is 2.31. The van der Waals surface area contributed by atoms with Gasteiger partial charge in [-0.25, -0.2) is 0 Å². The summed E-state index contributed by atoms with van der Waals surface area (Å²) < 4.78 is 4.87. The molecule has 0 saturated carbocycles. The number of aromatic nitrogens is 1. The van der Waals surface area contributed by atoms with E-state index in [0.717, 1.165) is 16.5 Å². The Morgan fingerprint density at radius 3 is 2.70 bits per heavy atom. The molecule has 5 nitrogen and oxygen atoms in total. The van der Waals surface area contributed by atoms with Crippen LogP contribution in [-0.2, 0) is 14.3 Å². The van der Waals surface area contributed by atoms with Crippen molar-refractivity contribution in [3.63, 3.8) is 0 Å². The van der Waals surface area contributed by atoms with Crippen molar-refractivity contribution in [3.05, 3.63) is 36.0 Å². The second-order valence-corrected chi connectivity index (χ2v) is 4.65. The molecule has 2 unspecified atom stereocenters. The van der Waals surface area contributed by atoms with Crippen LogP contribution in [-0.4, -0.2) is 28.6 Å². The Balaban J connectivity index is 2.39. The molecule has 0 aliphatic carbocycles. The molecular weight excluding hydrogens is 258 g/mol. The molecule has 1 heterocycles. The fourth-order valence-corrected chi connectivity index (χ4v) is 2.40. The zero-order chi connectivity index (χ0) is 14.7. The van der Waals surface area contributed by atoms with Crippen molar-refractivity contribution in [1.29, 1.82) is 0 Å². The number of esters is 1. The summed E-state index contributed by atoms with van der Waals surface area (Å²) >= 11 is 0. The van der Waals surface area contributed by atoms with Gasteiger partial charge >= 0.3 is 11.9 Å². The van der Waals surface area contributed by atoms with Crippen LogP contribution in [0.5, 0.6) is 0 Å². The lowest BCUT2D eigenvalue weighted by molar-refractivity contribution is -0.159. The maximum Gasteiger partial charge on any atom is 0.320 e. The van der Waals surface area contributed by atoms with Gasteiger partial charge in [0.1, 0.15) is 0 Å². The molecule has 2 atom stereocenters. The van der Waals surface area contributed by atoms with Crippen LogP contribution in [0, 0.1) is 5.92 Å². The first-order chi connectivity index (χ1) is 9.56. The SMILES string of the molecule is CCOC(=O)C(C(=O)O)C(C)c1c[nH]c2ccccc12. The maximum absolute atomic E-state index is 11.8. The number of carboxylic acids is 1. The lowest BCUT2D eigenvalue weighted by atomic mass is 9.87. The van der Waals surface area contributed by atoms with Crippen molar-refractivity contribution < 1.29 is 19.4 Å². The van der Waals surface area contributed by atoms with Crippen molar-refractivity contribution in [2.24, 2.45) is 5.92 Å². The summed E-state index contributed by atoms with van der Waals surface area (Å²) in [4.78, 5) is 26.3. The van der Waals surface area contributed by atoms with Gasteiger partial charge in [0.25, 0.3) is 0 Å². The quantitative estimate of drug-likeness (QED) is 0.649. The zero-order valence-corrected chi connectivity index (χ0v) is 11.4. The topological polar surface area (TPSA) is 79.4 Å². The third-order valence-corrected chi connectivity index (χ3v) is 3.42. The summed E-state index contributed by atoms with van der Waals surface area (Å²) in [6.07, 6.45) is 1.75. The summed E-state index contributed by atoms with van der Waals surface area (Å²) in [6.45, 7) is 3.56. The van der Waals surface area contributed by atoms with Gasteiger partial charge in [-0.2, -0.15) is 0 Å². The molecule has 0 spiro atoms. The van der Waals surface area contributed by atoms with Crippen LogP contribution in [0.1, 0.15) is 25.3 Å². The van der Waals surface area contributed by atoms with Gasteiger partial charge in [0, 0.05) is 23.0 Å². The molecule has 0 aliphatic rings. The van der Waals surface area contributed by atoms with Crippen molar-refractivity contribution in [2.75, 3.05) is 6.61 Å². The molecule has 0 radical (unpaired) electrons. The van der Waals surface area contributed by atoms with Crippen LogP contribution >= 0.6 is 0 Å². The predicted octanol–water partition coefficient (Wildman–Crippen LogP) is 2.54. The van der Waals surface area contributed by atoms with Crippen LogP contribution < -0.4 is 0 Å². The van der Waals surface area contributed by atoms with Crippen LogP contribution in [0.3, 0.4) is 0 Å². The highest BCUT2D eigenvalue weighted by atomic mass is 16.5. The summed E-state index contributed by atoms with van der Waals surface area (Å²) in [7, 11) is 0. The van der Waals surface area contributed by atoms with Crippen molar-refractivity contribution >= 4 is 22.8 Å². The van der Waals surface area contributed by atoms with Gasteiger partial charge in [0.05, 0.1) is 6.61 Å². The van der Waals surface area contributed by atoms with Crippen molar-refractivity contribution in [1.82, 2.24) is 4.98 Å². The molecule has 0 aliphatic heterocycles. The van der Waals surface area contributed by atoms with Gasteiger partial charge in [0.2, 0.25) is 0 Å². The van der Waals surface area contributed by atoms with E-state index in [2.05, 4.69) is 4.98 Å². The maximum atomic E-state index is 11.8. The standard InChI is InChI=1S/C15H17NO4/c1-3-20-15(19)13(14(17)18)9(2)11-8-16-12-7-5-4-6-10(11)12/h4-9,13,16H,3H2,1-2H3,(H,17,18). The number of carbonyl (C=O) groups excluding carboxylic acids is 1. The van der Waals surface area contributed by atoms with Gasteiger partial charge in [-0.3, -0.25) is 9.59 Å². The molecular formula is C15H17NO4. The van der Waals surface area contributed by atoms with Crippen LogP contribution in [0.25, 0.3) is 10.9 Å². The van der Waals surface area contributed by atoms with Gasteiger partial charge in [-0.1, -0.05) is 25.1 Å². The Kier molecular flexibility index (Phi) is 4.08. The molecule has 0 bridgehead atoms. The molecule has 20 heavy (non-hydrogen) atoms. The van der Waals surface area contributed by atoms with Gasteiger partial charge in [-0.15, -0.1) is 0 Å². The number of rotatable bonds is 5. The van der Waals surface area contributed by atoms with E-state index in [4.69, 9.17) is 4.74 Å². The number of nitrogens with one attached hydrogen (secondary N) is 1.